The molecule has 0 saturated carbocycles. The smallest absolute Gasteiger partial charge is 0.445 e. The van der Waals surface area contributed by atoms with E-state index in [1.54, 1.807) is 24.3 Å². The highest BCUT2D eigenvalue weighted by Gasteiger charge is 2.28. The first kappa shape index (κ1) is 14.3. The van der Waals surface area contributed by atoms with Crippen molar-refractivity contribution >= 4 is 6.09 Å². The zero-order valence-corrected chi connectivity index (χ0v) is 9.37. The molecular weight excluding hydrogens is 251 g/mol. The Bertz CT molecular complexity index is 368. The number of nitrogens with one attached hydrogen (secondary N) is 1. The summed E-state index contributed by atoms with van der Waals surface area (Å²) >= 11 is 0. The number of halogens is 3. The lowest BCUT2D eigenvalue weighted by atomic mass is 10.2. The molecule has 0 bridgehead atoms. The molecule has 0 atom stereocenters. The molecule has 0 radical (unpaired) electrons. The average Bonchev–Trinajstić information content (AvgIpc) is 2.32. The summed E-state index contributed by atoms with van der Waals surface area (Å²) in [5, 5.41) is 2.14. The van der Waals surface area contributed by atoms with E-state index in [1.807, 2.05) is 6.07 Å². The van der Waals surface area contributed by atoms with Crippen LogP contribution in [0, 0.1) is 0 Å². The highest BCUT2D eigenvalue weighted by molar-refractivity contribution is 5.67. The normalized spacial score (nSPS) is 11.1. The maximum absolute atomic E-state index is 11.6. The maximum Gasteiger partial charge on any atom is 0.522 e. The van der Waals surface area contributed by atoms with Crippen molar-refractivity contribution in [1.29, 1.82) is 0 Å². The number of alkyl halides is 3. The Morgan fingerprint density at radius 1 is 1.22 bits per heavy atom. The van der Waals surface area contributed by atoms with Crippen LogP contribution in [0.25, 0.3) is 0 Å². The molecule has 0 aromatic heterocycles. The van der Waals surface area contributed by atoms with Crippen molar-refractivity contribution in [3.05, 3.63) is 35.9 Å². The van der Waals surface area contributed by atoms with Crippen LogP contribution in [0.2, 0.25) is 0 Å². The maximum atomic E-state index is 11.6. The zero-order valence-electron chi connectivity index (χ0n) is 9.37. The molecule has 0 fully saturated rings. The minimum absolute atomic E-state index is 0.0623. The summed E-state index contributed by atoms with van der Waals surface area (Å²) in [6, 6.07) is 8.92. The van der Waals surface area contributed by atoms with Crippen LogP contribution in [0.1, 0.15) is 5.56 Å². The van der Waals surface area contributed by atoms with Crippen molar-refractivity contribution in [2.45, 2.75) is 13.0 Å². The van der Waals surface area contributed by atoms with Gasteiger partial charge < -0.3 is 10.1 Å². The summed E-state index contributed by atoms with van der Waals surface area (Å²) in [5.41, 5.74) is 0.791. The molecule has 18 heavy (non-hydrogen) atoms. The molecule has 100 valence electrons. The first-order valence-corrected chi connectivity index (χ1v) is 5.12. The predicted octanol–water partition coefficient (Wildman–Crippen LogP) is 2.45. The van der Waals surface area contributed by atoms with Crippen LogP contribution >= 0.6 is 0 Å². The van der Waals surface area contributed by atoms with E-state index in [4.69, 9.17) is 4.74 Å². The van der Waals surface area contributed by atoms with Gasteiger partial charge in [0.15, 0.2) is 0 Å². The molecule has 0 heterocycles. The second-order valence-electron chi connectivity index (χ2n) is 3.28. The van der Waals surface area contributed by atoms with Crippen molar-refractivity contribution < 1.29 is 27.4 Å². The predicted molar refractivity (Wildman–Crippen MR) is 56.6 cm³/mol. The van der Waals surface area contributed by atoms with E-state index < -0.39 is 19.1 Å². The van der Waals surface area contributed by atoms with Gasteiger partial charge in [0.1, 0.15) is 6.61 Å². The molecular formula is C11H12F3NO3. The van der Waals surface area contributed by atoms with E-state index in [-0.39, 0.29) is 13.2 Å². The lowest BCUT2D eigenvalue weighted by Gasteiger charge is -2.09. The highest BCUT2D eigenvalue weighted by Crippen LogP contribution is 2.15. The summed E-state index contributed by atoms with van der Waals surface area (Å²) in [6.07, 6.45) is -5.47. The van der Waals surface area contributed by atoms with Crippen molar-refractivity contribution in [3.8, 4) is 0 Å². The van der Waals surface area contributed by atoms with Gasteiger partial charge in [-0.2, -0.15) is 0 Å². The first-order valence-electron chi connectivity index (χ1n) is 5.12. The monoisotopic (exact) mass is 263 g/mol. The number of alkyl carbamates (subject to hydrolysis) is 1. The van der Waals surface area contributed by atoms with Gasteiger partial charge in [0.2, 0.25) is 0 Å². The third-order valence-corrected chi connectivity index (χ3v) is 1.85. The van der Waals surface area contributed by atoms with Crippen LogP contribution in [-0.4, -0.2) is 25.6 Å². The lowest BCUT2D eigenvalue weighted by molar-refractivity contribution is -0.323. The Hall–Kier alpha value is -1.76. The van der Waals surface area contributed by atoms with Crippen LogP contribution in [-0.2, 0) is 16.1 Å². The van der Waals surface area contributed by atoms with Crippen LogP contribution in [0.5, 0.6) is 0 Å². The Kier molecular flexibility index (Phi) is 5.44. The van der Waals surface area contributed by atoms with Crippen LogP contribution in [0.3, 0.4) is 0 Å². The molecule has 1 N–H and O–H groups in total. The molecule has 7 heteroatoms. The molecule has 0 unspecified atom stereocenters. The molecule has 1 aromatic rings. The number of benzene rings is 1. The minimum Gasteiger partial charge on any atom is -0.445 e. The number of hydrogen-bond acceptors (Lipinski definition) is 3. The molecule has 0 aliphatic rings. The first-order chi connectivity index (χ1) is 8.47. The van der Waals surface area contributed by atoms with E-state index in [1.165, 1.54) is 0 Å². The van der Waals surface area contributed by atoms with Crippen LogP contribution < -0.4 is 5.32 Å². The fourth-order valence-electron chi connectivity index (χ4n) is 1.09. The van der Waals surface area contributed by atoms with Gasteiger partial charge in [0.25, 0.3) is 0 Å². The minimum atomic E-state index is -4.68. The van der Waals surface area contributed by atoms with E-state index in [0.717, 1.165) is 5.56 Å². The molecule has 1 rings (SSSR count). The van der Waals surface area contributed by atoms with Crippen molar-refractivity contribution in [2.24, 2.45) is 0 Å². The SMILES string of the molecule is O=C(NCCOC(F)(F)F)OCc1ccccc1. The second kappa shape index (κ2) is 6.85. The second-order valence-corrected chi connectivity index (χ2v) is 3.28. The van der Waals surface area contributed by atoms with Gasteiger partial charge >= 0.3 is 12.5 Å². The third-order valence-electron chi connectivity index (χ3n) is 1.85. The van der Waals surface area contributed by atoms with E-state index in [0.29, 0.717) is 0 Å². The molecule has 0 aliphatic carbocycles. The third kappa shape index (κ3) is 6.74. The summed E-state index contributed by atoms with van der Waals surface area (Å²) in [4.78, 5) is 11.1. The van der Waals surface area contributed by atoms with Crippen LogP contribution in [0.15, 0.2) is 30.3 Å². The van der Waals surface area contributed by atoms with E-state index in [2.05, 4.69) is 10.1 Å². The summed E-state index contributed by atoms with van der Waals surface area (Å²) in [6.45, 7) is -0.857. The molecule has 0 saturated heterocycles. The summed E-state index contributed by atoms with van der Waals surface area (Å²) in [5.74, 6) is 0. The largest absolute Gasteiger partial charge is 0.522 e. The quantitative estimate of drug-likeness (QED) is 0.830. The zero-order chi connectivity index (χ0) is 13.4. The number of hydrogen-bond donors (Lipinski definition) is 1. The molecule has 4 nitrogen and oxygen atoms in total. The average molecular weight is 263 g/mol. The van der Waals surface area contributed by atoms with Gasteiger partial charge in [-0.05, 0) is 5.56 Å². The Balaban J connectivity index is 2.11. The van der Waals surface area contributed by atoms with E-state index >= 15 is 0 Å². The van der Waals surface area contributed by atoms with Crippen LogP contribution in [0.4, 0.5) is 18.0 Å². The van der Waals surface area contributed by atoms with Crippen molar-refractivity contribution in [1.82, 2.24) is 5.32 Å². The Morgan fingerprint density at radius 2 is 1.89 bits per heavy atom. The van der Waals surface area contributed by atoms with E-state index in [9.17, 15) is 18.0 Å². The van der Waals surface area contributed by atoms with Gasteiger partial charge in [-0.3, -0.25) is 4.74 Å². The molecule has 1 aromatic carbocycles. The van der Waals surface area contributed by atoms with Gasteiger partial charge in [-0.15, -0.1) is 13.2 Å². The van der Waals surface area contributed by atoms with Crippen molar-refractivity contribution in [2.75, 3.05) is 13.2 Å². The Morgan fingerprint density at radius 3 is 2.50 bits per heavy atom. The molecule has 0 aliphatic heterocycles. The lowest BCUT2D eigenvalue weighted by Crippen LogP contribution is -2.29. The van der Waals surface area contributed by atoms with Gasteiger partial charge in [0.05, 0.1) is 6.61 Å². The fraction of sp³-hybridized carbons (Fsp3) is 0.364. The van der Waals surface area contributed by atoms with Gasteiger partial charge in [0, 0.05) is 6.54 Å². The van der Waals surface area contributed by atoms with Gasteiger partial charge in [-0.1, -0.05) is 30.3 Å². The van der Waals surface area contributed by atoms with Crippen molar-refractivity contribution in [3.63, 3.8) is 0 Å². The Labute approximate surface area is 102 Å². The standard InChI is InChI=1S/C11H12F3NO3/c12-11(13,14)18-7-6-15-10(16)17-8-9-4-2-1-3-5-9/h1-5H,6-8H2,(H,15,16). The molecule has 0 spiro atoms. The number of amides is 1. The number of carbonyl (C=O) groups excluding carboxylic acids is 1. The number of carbonyl (C=O) groups is 1. The number of rotatable bonds is 5. The topological polar surface area (TPSA) is 47.6 Å². The fourth-order valence-corrected chi connectivity index (χ4v) is 1.09. The summed E-state index contributed by atoms with van der Waals surface area (Å²) < 4.78 is 43.0. The highest BCUT2D eigenvalue weighted by atomic mass is 19.4. The number of ether oxygens (including phenoxy) is 2. The van der Waals surface area contributed by atoms with Gasteiger partial charge in [-0.25, -0.2) is 4.79 Å². The summed E-state index contributed by atoms with van der Waals surface area (Å²) in [7, 11) is 0. The molecule has 1 amide bonds.